The highest BCUT2D eigenvalue weighted by atomic mass is 16.5. The molecule has 1 rings (SSSR count). The van der Waals surface area contributed by atoms with E-state index < -0.39 is 23.9 Å². The van der Waals surface area contributed by atoms with E-state index in [1.54, 1.807) is 6.92 Å². The summed E-state index contributed by atoms with van der Waals surface area (Å²) in [6.45, 7) is 2.43. The van der Waals surface area contributed by atoms with Gasteiger partial charge in [0.15, 0.2) is 0 Å². The standard InChI is InChI=1S/C11H19N3O5/c1-7(2-3-9(15)16)13-11(18)14-4-5-19-6-8(14)10(12)17/h7-8H,2-6H2,1H3,(H2,12,17)(H,13,18)(H,15,16). The number of primary amides is 1. The van der Waals surface area contributed by atoms with Gasteiger partial charge in [-0.05, 0) is 13.3 Å². The summed E-state index contributed by atoms with van der Waals surface area (Å²) >= 11 is 0. The van der Waals surface area contributed by atoms with E-state index in [0.717, 1.165) is 0 Å². The number of rotatable bonds is 5. The van der Waals surface area contributed by atoms with E-state index in [-0.39, 0.29) is 25.6 Å². The molecule has 0 radical (unpaired) electrons. The Morgan fingerprint density at radius 3 is 2.79 bits per heavy atom. The molecule has 2 unspecified atom stereocenters. The molecule has 0 aromatic heterocycles. The lowest BCUT2D eigenvalue weighted by Crippen LogP contribution is -2.58. The van der Waals surface area contributed by atoms with Crippen LogP contribution in [0.2, 0.25) is 0 Å². The Bertz CT molecular complexity index is 360. The van der Waals surface area contributed by atoms with E-state index in [9.17, 15) is 14.4 Å². The van der Waals surface area contributed by atoms with Crippen LogP contribution in [0.4, 0.5) is 4.79 Å². The number of amides is 3. The van der Waals surface area contributed by atoms with E-state index in [4.69, 9.17) is 15.6 Å². The molecule has 0 bridgehead atoms. The van der Waals surface area contributed by atoms with Crippen molar-refractivity contribution in [2.24, 2.45) is 5.73 Å². The fraction of sp³-hybridized carbons (Fsp3) is 0.727. The average molecular weight is 273 g/mol. The van der Waals surface area contributed by atoms with E-state index in [1.807, 2.05) is 0 Å². The van der Waals surface area contributed by atoms with Crippen LogP contribution in [-0.2, 0) is 14.3 Å². The summed E-state index contributed by atoms with van der Waals surface area (Å²) in [4.78, 5) is 34.9. The second-order valence-electron chi connectivity index (χ2n) is 4.47. The molecule has 2 atom stereocenters. The summed E-state index contributed by atoms with van der Waals surface area (Å²) < 4.78 is 5.11. The van der Waals surface area contributed by atoms with Crippen LogP contribution in [0.1, 0.15) is 19.8 Å². The van der Waals surface area contributed by atoms with Crippen molar-refractivity contribution in [3.05, 3.63) is 0 Å². The maximum Gasteiger partial charge on any atom is 0.318 e. The number of morpholine rings is 1. The molecule has 3 amide bonds. The minimum atomic E-state index is -0.914. The third-order valence-corrected chi connectivity index (χ3v) is 2.88. The van der Waals surface area contributed by atoms with Crippen molar-refractivity contribution < 1.29 is 24.2 Å². The van der Waals surface area contributed by atoms with Crippen LogP contribution in [0, 0.1) is 0 Å². The minimum absolute atomic E-state index is 0.0240. The molecule has 108 valence electrons. The second-order valence-corrected chi connectivity index (χ2v) is 4.47. The van der Waals surface area contributed by atoms with E-state index in [1.165, 1.54) is 4.90 Å². The van der Waals surface area contributed by atoms with Crippen LogP contribution in [-0.4, -0.2) is 59.8 Å². The Morgan fingerprint density at radius 1 is 1.53 bits per heavy atom. The third kappa shape index (κ3) is 4.74. The van der Waals surface area contributed by atoms with Crippen LogP contribution in [0.15, 0.2) is 0 Å². The highest BCUT2D eigenvalue weighted by molar-refractivity contribution is 5.86. The van der Waals surface area contributed by atoms with Crippen molar-refractivity contribution in [3.8, 4) is 0 Å². The molecular weight excluding hydrogens is 254 g/mol. The Labute approximate surface area is 110 Å². The molecule has 0 aliphatic carbocycles. The topological polar surface area (TPSA) is 122 Å². The zero-order valence-corrected chi connectivity index (χ0v) is 10.8. The Kier molecular flexibility index (Phi) is 5.56. The molecule has 0 spiro atoms. The third-order valence-electron chi connectivity index (χ3n) is 2.88. The SMILES string of the molecule is CC(CCC(=O)O)NC(=O)N1CCOCC1C(N)=O. The molecule has 0 aromatic carbocycles. The number of hydrogen-bond donors (Lipinski definition) is 3. The first-order valence-electron chi connectivity index (χ1n) is 6.07. The number of carbonyl (C=O) groups excluding carboxylic acids is 2. The van der Waals surface area contributed by atoms with Gasteiger partial charge in [0.1, 0.15) is 6.04 Å². The maximum atomic E-state index is 12.0. The zero-order chi connectivity index (χ0) is 14.4. The van der Waals surface area contributed by atoms with Gasteiger partial charge in [0, 0.05) is 19.0 Å². The number of nitrogens with two attached hydrogens (primary N) is 1. The summed E-state index contributed by atoms with van der Waals surface area (Å²) in [6, 6.07) is -1.50. The molecule has 19 heavy (non-hydrogen) atoms. The molecule has 4 N–H and O–H groups in total. The van der Waals surface area contributed by atoms with Gasteiger partial charge in [0.05, 0.1) is 13.2 Å². The first-order chi connectivity index (χ1) is 8.91. The summed E-state index contributed by atoms with van der Waals surface area (Å²) in [7, 11) is 0. The van der Waals surface area contributed by atoms with Crippen molar-refractivity contribution in [2.75, 3.05) is 19.8 Å². The first-order valence-corrected chi connectivity index (χ1v) is 6.07. The van der Waals surface area contributed by atoms with E-state index in [0.29, 0.717) is 13.0 Å². The number of nitrogens with zero attached hydrogens (tertiary/aromatic N) is 1. The molecule has 8 nitrogen and oxygen atoms in total. The zero-order valence-electron chi connectivity index (χ0n) is 10.8. The number of carboxylic acid groups (broad SMARTS) is 1. The Hall–Kier alpha value is -1.83. The molecule has 0 saturated carbocycles. The van der Waals surface area contributed by atoms with Gasteiger partial charge in [0.2, 0.25) is 5.91 Å². The lowest BCUT2D eigenvalue weighted by Gasteiger charge is -2.34. The van der Waals surface area contributed by atoms with E-state index in [2.05, 4.69) is 5.32 Å². The second kappa shape index (κ2) is 6.93. The predicted molar refractivity (Wildman–Crippen MR) is 65.4 cm³/mol. The molecule has 0 aromatic rings. The van der Waals surface area contributed by atoms with Gasteiger partial charge in [-0.3, -0.25) is 9.59 Å². The molecule has 1 heterocycles. The monoisotopic (exact) mass is 273 g/mol. The normalized spacial score (nSPS) is 20.7. The van der Waals surface area contributed by atoms with Crippen molar-refractivity contribution in [1.29, 1.82) is 0 Å². The van der Waals surface area contributed by atoms with E-state index >= 15 is 0 Å². The van der Waals surface area contributed by atoms with Gasteiger partial charge in [0.25, 0.3) is 0 Å². The number of carboxylic acids is 1. The van der Waals surface area contributed by atoms with Gasteiger partial charge in [-0.15, -0.1) is 0 Å². The summed E-state index contributed by atoms with van der Waals surface area (Å²) in [5, 5.41) is 11.2. The molecular formula is C11H19N3O5. The predicted octanol–water partition coefficient (Wildman–Crippen LogP) is -0.865. The first kappa shape index (κ1) is 15.2. The largest absolute Gasteiger partial charge is 0.481 e. The molecule has 8 heteroatoms. The van der Waals surface area contributed by atoms with Crippen molar-refractivity contribution >= 4 is 17.9 Å². The lowest BCUT2D eigenvalue weighted by molar-refractivity contribution is -0.137. The number of ether oxygens (including phenoxy) is 1. The number of hydrogen-bond acceptors (Lipinski definition) is 4. The quantitative estimate of drug-likeness (QED) is 0.601. The fourth-order valence-corrected chi connectivity index (χ4v) is 1.79. The number of nitrogens with one attached hydrogen (secondary N) is 1. The van der Waals surface area contributed by atoms with Gasteiger partial charge >= 0.3 is 12.0 Å². The molecule has 1 aliphatic heterocycles. The Morgan fingerprint density at radius 2 is 2.21 bits per heavy atom. The number of aliphatic carboxylic acids is 1. The summed E-state index contributed by atoms with van der Waals surface area (Å²) in [6.07, 6.45) is 0.302. The van der Waals surface area contributed by atoms with Crippen molar-refractivity contribution in [3.63, 3.8) is 0 Å². The van der Waals surface area contributed by atoms with Crippen LogP contribution in [0.25, 0.3) is 0 Å². The summed E-state index contributed by atoms with van der Waals surface area (Å²) in [5.74, 6) is -1.53. The van der Waals surface area contributed by atoms with Gasteiger partial charge in [-0.2, -0.15) is 0 Å². The van der Waals surface area contributed by atoms with Gasteiger partial charge in [-0.1, -0.05) is 0 Å². The molecule has 1 saturated heterocycles. The van der Waals surface area contributed by atoms with Gasteiger partial charge in [-0.25, -0.2) is 4.79 Å². The number of carbonyl (C=O) groups is 3. The van der Waals surface area contributed by atoms with Crippen LogP contribution >= 0.6 is 0 Å². The fourth-order valence-electron chi connectivity index (χ4n) is 1.79. The number of urea groups is 1. The highest BCUT2D eigenvalue weighted by Crippen LogP contribution is 2.08. The molecule has 1 aliphatic rings. The summed E-state index contributed by atoms with van der Waals surface area (Å²) in [5.41, 5.74) is 5.21. The highest BCUT2D eigenvalue weighted by Gasteiger charge is 2.31. The van der Waals surface area contributed by atoms with Crippen LogP contribution in [0.5, 0.6) is 0 Å². The maximum absolute atomic E-state index is 12.0. The van der Waals surface area contributed by atoms with Crippen molar-refractivity contribution in [1.82, 2.24) is 10.2 Å². The smallest absolute Gasteiger partial charge is 0.318 e. The minimum Gasteiger partial charge on any atom is -0.481 e. The molecule has 1 fully saturated rings. The van der Waals surface area contributed by atoms with Gasteiger partial charge < -0.3 is 25.8 Å². The Balaban J connectivity index is 2.50. The van der Waals surface area contributed by atoms with Crippen molar-refractivity contribution in [2.45, 2.75) is 31.8 Å². The average Bonchev–Trinajstić information content (AvgIpc) is 2.36. The van der Waals surface area contributed by atoms with Crippen LogP contribution < -0.4 is 11.1 Å². The van der Waals surface area contributed by atoms with Crippen LogP contribution in [0.3, 0.4) is 0 Å². The lowest BCUT2D eigenvalue weighted by atomic mass is 10.2.